The molecule has 0 spiro atoms. The van der Waals surface area contributed by atoms with Gasteiger partial charge in [0.15, 0.2) is 0 Å². The van der Waals surface area contributed by atoms with Crippen molar-refractivity contribution in [3.05, 3.63) is 63.5 Å². The summed E-state index contributed by atoms with van der Waals surface area (Å²) in [6, 6.07) is 10.3. The molecule has 0 aromatic heterocycles. The van der Waals surface area contributed by atoms with Crippen molar-refractivity contribution >= 4 is 58.1 Å². The van der Waals surface area contributed by atoms with Crippen molar-refractivity contribution in [1.82, 2.24) is 4.90 Å². The van der Waals surface area contributed by atoms with Crippen LogP contribution in [-0.4, -0.2) is 44.7 Å². The molecule has 1 aliphatic heterocycles. The van der Waals surface area contributed by atoms with E-state index in [1.807, 2.05) is 0 Å². The zero-order valence-corrected chi connectivity index (χ0v) is 16.2. The minimum Gasteiger partial charge on any atom is -0.507 e. The van der Waals surface area contributed by atoms with E-state index in [4.69, 9.17) is 16.7 Å². The number of hydrogen-bond acceptors (Lipinski definition) is 6. The Balaban J connectivity index is 1.72. The van der Waals surface area contributed by atoms with Crippen LogP contribution in [0.2, 0.25) is 5.02 Å². The van der Waals surface area contributed by atoms with Crippen LogP contribution in [0.1, 0.15) is 15.9 Å². The summed E-state index contributed by atoms with van der Waals surface area (Å²) < 4.78 is 0. The van der Waals surface area contributed by atoms with E-state index in [2.05, 4.69) is 5.32 Å². The average Bonchev–Trinajstić information content (AvgIpc) is 2.92. The molecule has 1 fully saturated rings. The number of phenols is 1. The van der Waals surface area contributed by atoms with Crippen LogP contribution in [0.25, 0.3) is 6.08 Å². The summed E-state index contributed by atoms with van der Waals surface area (Å²) in [5.41, 5.74) is 0.273. The lowest BCUT2D eigenvalue weighted by Crippen LogP contribution is -2.36. The molecule has 2 aromatic rings. The summed E-state index contributed by atoms with van der Waals surface area (Å²) in [5, 5.41) is 20.7. The van der Waals surface area contributed by atoms with E-state index in [1.165, 1.54) is 12.1 Å². The smallest absolute Gasteiger partial charge is 0.339 e. The van der Waals surface area contributed by atoms with Crippen molar-refractivity contribution < 1.29 is 29.4 Å². The molecule has 0 radical (unpaired) electrons. The van der Waals surface area contributed by atoms with Gasteiger partial charge < -0.3 is 15.5 Å². The minimum atomic E-state index is -1.37. The Morgan fingerprint density at radius 1 is 1.17 bits per heavy atom. The van der Waals surface area contributed by atoms with E-state index in [0.29, 0.717) is 22.3 Å². The minimum absolute atomic E-state index is 0.101. The lowest BCUT2D eigenvalue weighted by atomic mass is 10.2. The standard InChI is InChI=1S/C19H13ClN2O6S/c20-13-4-2-1-3-10(13)7-15-17(25)22(19(28)29-15)9-16(24)21-11-5-6-14(23)12(8-11)18(26)27/h1-8,23H,9H2,(H,21,24)(H,26,27). The molecule has 0 saturated carbocycles. The van der Waals surface area contributed by atoms with Gasteiger partial charge in [-0.05, 0) is 47.7 Å². The third-order valence-corrected chi connectivity index (χ3v) is 5.13. The van der Waals surface area contributed by atoms with Gasteiger partial charge in [-0.15, -0.1) is 0 Å². The van der Waals surface area contributed by atoms with Crippen molar-refractivity contribution in [2.45, 2.75) is 0 Å². The number of imide groups is 1. The molecule has 2 aromatic carbocycles. The molecule has 3 rings (SSSR count). The summed E-state index contributed by atoms with van der Waals surface area (Å²) in [6.45, 7) is -0.548. The van der Waals surface area contributed by atoms with Gasteiger partial charge in [-0.25, -0.2) is 4.79 Å². The van der Waals surface area contributed by atoms with Crippen molar-refractivity contribution in [3.8, 4) is 5.75 Å². The summed E-state index contributed by atoms with van der Waals surface area (Å²) in [7, 11) is 0. The molecule has 0 bridgehead atoms. The van der Waals surface area contributed by atoms with E-state index < -0.39 is 40.9 Å². The Kier molecular flexibility index (Phi) is 5.90. The Morgan fingerprint density at radius 3 is 2.59 bits per heavy atom. The number of hydrogen-bond donors (Lipinski definition) is 3. The molecule has 8 nitrogen and oxygen atoms in total. The number of carboxylic acid groups (broad SMARTS) is 1. The zero-order chi connectivity index (χ0) is 21.1. The Labute approximate surface area is 173 Å². The highest BCUT2D eigenvalue weighted by atomic mass is 35.5. The molecule has 1 heterocycles. The third kappa shape index (κ3) is 4.58. The molecule has 148 valence electrons. The van der Waals surface area contributed by atoms with Gasteiger partial charge in [0, 0.05) is 10.7 Å². The Bertz CT molecular complexity index is 1070. The number of carbonyl (C=O) groups excluding carboxylic acids is 3. The monoisotopic (exact) mass is 432 g/mol. The van der Waals surface area contributed by atoms with Crippen LogP contribution in [0.15, 0.2) is 47.4 Å². The van der Waals surface area contributed by atoms with E-state index in [-0.39, 0.29) is 10.6 Å². The average molecular weight is 433 g/mol. The summed E-state index contributed by atoms with van der Waals surface area (Å²) >= 11 is 6.75. The number of halogens is 1. The molecule has 29 heavy (non-hydrogen) atoms. The van der Waals surface area contributed by atoms with Crippen LogP contribution in [0.5, 0.6) is 5.75 Å². The van der Waals surface area contributed by atoms with Crippen LogP contribution >= 0.6 is 23.4 Å². The van der Waals surface area contributed by atoms with Crippen LogP contribution in [0.4, 0.5) is 10.5 Å². The number of nitrogens with one attached hydrogen (secondary N) is 1. The first-order valence-corrected chi connectivity index (χ1v) is 9.32. The number of rotatable bonds is 5. The fourth-order valence-electron chi connectivity index (χ4n) is 2.50. The zero-order valence-electron chi connectivity index (χ0n) is 14.6. The van der Waals surface area contributed by atoms with Gasteiger partial charge in [-0.3, -0.25) is 19.3 Å². The predicted molar refractivity (Wildman–Crippen MR) is 108 cm³/mol. The number of nitrogens with zero attached hydrogens (tertiary/aromatic N) is 1. The number of benzene rings is 2. The normalized spacial score (nSPS) is 15.1. The van der Waals surface area contributed by atoms with Gasteiger partial charge in [0.05, 0.1) is 4.91 Å². The molecule has 1 aliphatic rings. The van der Waals surface area contributed by atoms with Crippen molar-refractivity contribution in [2.24, 2.45) is 0 Å². The number of carboxylic acids is 1. The van der Waals surface area contributed by atoms with Gasteiger partial charge in [-0.2, -0.15) is 0 Å². The summed E-state index contributed by atoms with van der Waals surface area (Å²) in [4.78, 5) is 48.8. The maximum Gasteiger partial charge on any atom is 0.339 e. The molecule has 3 amide bonds. The molecule has 0 unspecified atom stereocenters. The number of amides is 3. The number of carbonyl (C=O) groups is 4. The van der Waals surface area contributed by atoms with Gasteiger partial charge in [0.1, 0.15) is 17.9 Å². The largest absolute Gasteiger partial charge is 0.507 e. The number of aromatic hydroxyl groups is 1. The second-order valence-corrected chi connectivity index (χ2v) is 7.28. The van der Waals surface area contributed by atoms with Crippen LogP contribution in [0, 0.1) is 0 Å². The molecule has 10 heteroatoms. The fourth-order valence-corrected chi connectivity index (χ4v) is 3.52. The van der Waals surface area contributed by atoms with Crippen molar-refractivity contribution in [2.75, 3.05) is 11.9 Å². The van der Waals surface area contributed by atoms with Gasteiger partial charge in [0.25, 0.3) is 11.1 Å². The third-order valence-electron chi connectivity index (χ3n) is 3.88. The number of thioether (sulfide) groups is 1. The Hall–Kier alpha value is -3.30. The molecular formula is C19H13ClN2O6S. The van der Waals surface area contributed by atoms with E-state index in [9.17, 15) is 24.3 Å². The maximum absolute atomic E-state index is 12.5. The molecule has 1 saturated heterocycles. The van der Waals surface area contributed by atoms with E-state index in [0.717, 1.165) is 17.0 Å². The van der Waals surface area contributed by atoms with Crippen molar-refractivity contribution in [1.29, 1.82) is 0 Å². The second-order valence-electron chi connectivity index (χ2n) is 5.87. The first kappa shape index (κ1) is 20.4. The van der Waals surface area contributed by atoms with Crippen molar-refractivity contribution in [3.63, 3.8) is 0 Å². The van der Waals surface area contributed by atoms with Crippen LogP contribution < -0.4 is 5.32 Å². The number of anilines is 1. The first-order chi connectivity index (χ1) is 13.8. The molecular weight excluding hydrogens is 420 g/mol. The summed E-state index contributed by atoms with van der Waals surface area (Å²) in [6.07, 6.45) is 1.48. The van der Waals surface area contributed by atoms with Gasteiger partial charge in [-0.1, -0.05) is 29.8 Å². The highest BCUT2D eigenvalue weighted by Crippen LogP contribution is 2.33. The first-order valence-electron chi connectivity index (χ1n) is 8.12. The topological polar surface area (TPSA) is 124 Å². The van der Waals surface area contributed by atoms with E-state index >= 15 is 0 Å². The number of aromatic carboxylic acids is 1. The van der Waals surface area contributed by atoms with Gasteiger partial charge >= 0.3 is 5.97 Å². The highest BCUT2D eigenvalue weighted by molar-refractivity contribution is 8.18. The lowest BCUT2D eigenvalue weighted by molar-refractivity contribution is -0.127. The quantitative estimate of drug-likeness (QED) is 0.488. The fraction of sp³-hybridized carbons (Fsp3) is 0.0526. The molecule has 3 N–H and O–H groups in total. The Morgan fingerprint density at radius 2 is 1.90 bits per heavy atom. The predicted octanol–water partition coefficient (Wildman–Crippen LogP) is 3.42. The van der Waals surface area contributed by atoms with Gasteiger partial charge in [0.2, 0.25) is 5.91 Å². The van der Waals surface area contributed by atoms with E-state index in [1.54, 1.807) is 24.3 Å². The second kappa shape index (κ2) is 8.38. The van der Waals surface area contributed by atoms with Crippen LogP contribution in [0.3, 0.4) is 0 Å². The molecule has 0 aliphatic carbocycles. The lowest BCUT2D eigenvalue weighted by Gasteiger charge is -2.13. The van der Waals surface area contributed by atoms with Crippen LogP contribution in [-0.2, 0) is 9.59 Å². The molecule has 0 atom stereocenters. The summed E-state index contributed by atoms with van der Waals surface area (Å²) in [5.74, 6) is -3.15. The highest BCUT2D eigenvalue weighted by Gasteiger charge is 2.36. The maximum atomic E-state index is 12.5. The SMILES string of the molecule is O=C(CN1C(=O)SC(=Cc2ccccc2Cl)C1=O)Nc1ccc(O)c(C(=O)O)c1.